The molecule has 2 aromatic heterocycles. The maximum Gasteiger partial charge on any atom is 0.246 e. The first-order chi connectivity index (χ1) is 11.6. The van der Waals surface area contributed by atoms with Gasteiger partial charge in [-0.1, -0.05) is 12.8 Å². The monoisotopic (exact) mass is 324 g/mol. The molecular formula is C17H20N6O. The number of fused-ring (bicyclic) bond motifs is 1. The van der Waals surface area contributed by atoms with Gasteiger partial charge in [-0.15, -0.1) is 0 Å². The fourth-order valence-electron chi connectivity index (χ4n) is 3.62. The Hall–Kier alpha value is -2.70. The predicted molar refractivity (Wildman–Crippen MR) is 92.5 cm³/mol. The van der Waals surface area contributed by atoms with E-state index in [2.05, 4.69) is 20.2 Å². The number of carbonyl (C=O) groups excluding carboxylic acids is 1. The summed E-state index contributed by atoms with van der Waals surface area (Å²) < 4.78 is 0. The number of nitrogens with two attached hydrogens (primary N) is 1. The summed E-state index contributed by atoms with van der Waals surface area (Å²) >= 11 is 0. The largest absolute Gasteiger partial charge is 0.397 e. The minimum absolute atomic E-state index is 0.00539. The number of anilines is 3. The highest BCUT2D eigenvalue weighted by Crippen LogP contribution is 2.37. The van der Waals surface area contributed by atoms with Crippen LogP contribution in [0.4, 0.5) is 17.2 Å². The maximum atomic E-state index is 12.3. The molecule has 0 spiro atoms. The van der Waals surface area contributed by atoms with Crippen molar-refractivity contribution in [1.82, 2.24) is 15.0 Å². The summed E-state index contributed by atoms with van der Waals surface area (Å²) in [4.78, 5) is 27.6. The second-order valence-corrected chi connectivity index (χ2v) is 6.40. The zero-order chi connectivity index (χ0) is 16.7. The normalized spacial score (nSPS) is 20.8. The van der Waals surface area contributed by atoms with Gasteiger partial charge >= 0.3 is 0 Å². The third-order valence-electron chi connectivity index (χ3n) is 4.88. The van der Waals surface area contributed by atoms with Crippen molar-refractivity contribution in [3.63, 3.8) is 0 Å². The summed E-state index contributed by atoms with van der Waals surface area (Å²) in [6.07, 6.45) is 9.51. The smallest absolute Gasteiger partial charge is 0.246 e. The van der Waals surface area contributed by atoms with E-state index < -0.39 is 0 Å². The van der Waals surface area contributed by atoms with Crippen molar-refractivity contribution in [3.8, 4) is 11.4 Å². The molecule has 0 aromatic carbocycles. The number of hydrogen-bond acceptors (Lipinski definition) is 6. The Balaban J connectivity index is 1.81. The molecule has 1 atom stereocenters. The first kappa shape index (κ1) is 14.9. The third-order valence-corrected chi connectivity index (χ3v) is 4.88. The van der Waals surface area contributed by atoms with Crippen LogP contribution in [0.25, 0.3) is 11.4 Å². The lowest BCUT2D eigenvalue weighted by atomic mass is 10.1. The van der Waals surface area contributed by atoms with Crippen LogP contribution in [0.2, 0.25) is 0 Å². The van der Waals surface area contributed by atoms with Gasteiger partial charge < -0.3 is 16.0 Å². The van der Waals surface area contributed by atoms with Crippen LogP contribution in [0.15, 0.2) is 24.7 Å². The van der Waals surface area contributed by atoms with E-state index in [1.165, 1.54) is 12.8 Å². The summed E-state index contributed by atoms with van der Waals surface area (Å²) in [5, 5.41) is 2.91. The first-order valence-electron chi connectivity index (χ1n) is 8.31. The number of carbonyl (C=O) groups is 1. The molecular weight excluding hydrogens is 304 g/mol. The number of aromatic nitrogens is 3. The number of pyridine rings is 1. The quantitative estimate of drug-likeness (QED) is 0.879. The average Bonchev–Trinajstić information content (AvgIpc) is 3.10. The molecule has 1 unspecified atom stereocenters. The molecule has 1 saturated carbocycles. The zero-order valence-corrected chi connectivity index (χ0v) is 13.6. The Bertz CT molecular complexity index is 786. The van der Waals surface area contributed by atoms with E-state index in [0.717, 1.165) is 24.2 Å². The highest BCUT2D eigenvalue weighted by atomic mass is 16.2. The van der Waals surface area contributed by atoms with Crippen LogP contribution in [0, 0.1) is 0 Å². The maximum absolute atomic E-state index is 12.3. The van der Waals surface area contributed by atoms with Gasteiger partial charge in [0.2, 0.25) is 5.91 Å². The minimum Gasteiger partial charge on any atom is -0.397 e. The fraction of sp³-hybridized carbons (Fsp3) is 0.412. The summed E-state index contributed by atoms with van der Waals surface area (Å²) in [6, 6.07) is 1.92. The molecule has 2 aromatic rings. The molecule has 7 nitrogen and oxygen atoms in total. The number of nitrogens with one attached hydrogen (secondary N) is 1. The highest BCUT2D eigenvalue weighted by molar-refractivity contribution is 6.02. The molecule has 4 rings (SSSR count). The third kappa shape index (κ3) is 2.36. The van der Waals surface area contributed by atoms with Gasteiger partial charge in [0.25, 0.3) is 0 Å². The molecule has 3 N–H and O–H groups in total. The van der Waals surface area contributed by atoms with Gasteiger partial charge in [0, 0.05) is 17.8 Å². The molecule has 2 aliphatic rings. The summed E-state index contributed by atoms with van der Waals surface area (Å²) in [7, 11) is 0. The van der Waals surface area contributed by atoms with E-state index in [-0.39, 0.29) is 11.9 Å². The van der Waals surface area contributed by atoms with Crippen molar-refractivity contribution in [3.05, 3.63) is 24.7 Å². The molecule has 1 fully saturated rings. The molecule has 3 heterocycles. The first-order valence-corrected chi connectivity index (χ1v) is 8.31. The van der Waals surface area contributed by atoms with E-state index >= 15 is 0 Å². The number of amides is 1. The molecule has 0 saturated heterocycles. The van der Waals surface area contributed by atoms with Gasteiger partial charge in [0.05, 0.1) is 18.1 Å². The van der Waals surface area contributed by atoms with Crippen molar-refractivity contribution in [2.24, 2.45) is 0 Å². The predicted octanol–water partition coefficient (Wildman–Crippen LogP) is 2.21. The van der Waals surface area contributed by atoms with Crippen LogP contribution in [-0.4, -0.2) is 32.9 Å². The van der Waals surface area contributed by atoms with Crippen LogP contribution >= 0.6 is 0 Å². The standard InChI is InChI=1S/C17H20N6O/c1-10-17(24)21-14-9-20-15(12-6-7-19-8-13(12)18)22-16(14)23(10)11-4-2-3-5-11/h6-11H,2-5,18H2,1H3,(H,21,24). The molecule has 7 heteroatoms. The molecule has 124 valence electrons. The number of hydrogen-bond donors (Lipinski definition) is 2. The fourth-order valence-corrected chi connectivity index (χ4v) is 3.62. The van der Waals surface area contributed by atoms with E-state index in [1.54, 1.807) is 18.6 Å². The highest BCUT2D eigenvalue weighted by Gasteiger charge is 2.37. The topological polar surface area (TPSA) is 97.0 Å². The van der Waals surface area contributed by atoms with E-state index in [4.69, 9.17) is 10.7 Å². The molecule has 0 bridgehead atoms. The Morgan fingerprint density at radius 1 is 1.29 bits per heavy atom. The van der Waals surface area contributed by atoms with Crippen LogP contribution in [0.3, 0.4) is 0 Å². The van der Waals surface area contributed by atoms with Gasteiger partial charge in [-0.25, -0.2) is 9.97 Å². The number of nitrogen functional groups attached to an aromatic ring is 1. The molecule has 24 heavy (non-hydrogen) atoms. The van der Waals surface area contributed by atoms with E-state index in [9.17, 15) is 4.79 Å². The van der Waals surface area contributed by atoms with E-state index in [0.29, 0.717) is 23.2 Å². The van der Waals surface area contributed by atoms with Gasteiger partial charge in [0.15, 0.2) is 11.6 Å². The molecule has 1 aliphatic carbocycles. The van der Waals surface area contributed by atoms with Crippen molar-refractivity contribution >= 4 is 23.1 Å². The van der Waals surface area contributed by atoms with Crippen LogP contribution in [-0.2, 0) is 4.79 Å². The van der Waals surface area contributed by atoms with Crippen molar-refractivity contribution in [1.29, 1.82) is 0 Å². The second kappa shape index (κ2) is 5.74. The lowest BCUT2D eigenvalue weighted by Crippen LogP contribution is -2.51. The number of nitrogens with zero attached hydrogens (tertiary/aromatic N) is 4. The second-order valence-electron chi connectivity index (χ2n) is 6.40. The van der Waals surface area contributed by atoms with Gasteiger partial charge in [-0.05, 0) is 25.8 Å². The lowest BCUT2D eigenvalue weighted by molar-refractivity contribution is -0.117. The van der Waals surface area contributed by atoms with Gasteiger partial charge in [-0.2, -0.15) is 0 Å². The Kier molecular flexibility index (Phi) is 3.55. The van der Waals surface area contributed by atoms with Crippen molar-refractivity contribution in [2.75, 3.05) is 16.0 Å². The summed E-state index contributed by atoms with van der Waals surface area (Å²) in [5.74, 6) is 1.34. The Labute approximate surface area is 140 Å². The summed E-state index contributed by atoms with van der Waals surface area (Å²) in [5.41, 5.74) is 7.97. The Morgan fingerprint density at radius 3 is 2.83 bits per heavy atom. The van der Waals surface area contributed by atoms with E-state index in [1.807, 2.05) is 13.0 Å². The van der Waals surface area contributed by atoms with Gasteiger partial charge in [0.1, 0.15) is 11.7 Å². The zero-order valence-electron chi connectivity index (χ0n) is 13.6. The van der Waals surface area contributed by atoms with Crippen molar-refractivity contribution in [2.45, 2.75) is 44.7 Å². The minimum atomic E-state index is -0.238. The summed E-state index contributed by atoms with van der Waals surface area (Å²) in [6.45, 7) is 1.93. The molecule has 1 amide bonds. The van der Waals surface area contributed by atoms with Crippen molar-refractivity contribution < 1.29 is 4.79 Å². The van der Waals surface area contributed by atoms with Crippen LogP contribution < -0.4 is 16.0 Å². The SMILES string of the molecule is CC1C(=O)Nc2cnc(-c3ccncc3N)nc2N1C1CCCC1. The lowest BCUT2D eigenvalue weighted by Gasteiger charge is -2.39. The van der Waals surface area contributed by atoms with Crippen LogP contribution in [0.5, 0.6) is 0 Å². The number of rotatable bonds is 2. The van der Waals surface area contributed by atoms with Gasteiger partial charge in [-0.3, -0.25) is 9.78 Å². The average molecular weight is 324 g/mol. The Morgan fingerprint density at radius 2 is 2.08 bits per heavy atom. The molecule has 0 radical (unpaired) electrons. The molecule has 1 aliphatic heterocycles. The van der Waals surface area contributed by atoms with Crippen LogP contribution in [0.1, 0.15) is 32.6 Å².